The van der Waals surface area contributed by atoms with E-state index in [2.05, 4.69) is 13.8 Å². The first-order valence-electron chi connectivity index (χ1n) is 6.52. The summed E-state index contributed by atoms with van der Waals surface area (Å²) in [6.45, 7) is 6.02. The summed E-state index contributed by atoms with van der Waals surface area (Å²) >= 11 is 0. The lowest BCUT2D eigenvalue weighted by Crippen LogP contribution is -2.54. The molecule has 0 radical (unpaired) electrons. The Labute approximate surface area is 111 Å². The Morgan fingerprint density at radius 3 is 2.47 bits per heavy atom. The largest absolute Gasteiger partial charge is 0.342 e. The highest BCUT2D eigenvalue weighted by Crippen LogP contribution is 2.32. The van der Waals surface area contributed by atoms with E-state index in [1.165, 1.54) is 19.3 Å². The van der Waals surface area contributed by atoms with Crippen molar-refractivity contribution >= 4 is 18.3 Å². The summed E-state index contributed by atoms with van der Waals surface area (Å²) in [5, 5.41) is 0. The van der Waals surface area contributed by atoms with Crippen LogP contribution in [0.1, 0.15) is 46.0 Å². The Morgan fingerprint density at radius 1 is 1.35 bits per heavy atom. The average molecular weight is 261 g/mol. The molecule has 1 aliphatic carbocycles. The van der Waals surface area contributed by atoms with E-state index in [1.54, 1.807) is 0 Å². The number of nitrogens with zero attached hydrogens (tertiary/aromatic N) is 1. The van der Waals surface area contributed by atoms with E-state index in [1.807, 2.05) is 4.90 Å². The van der Waals surface area contributed by atoms with Gasteiger partial charge in [-0.3, -0.25) is 4.79 Å². The first-order valence-corrected chi connectivity index (χ1v) is 6.52. The van der Waals surface area contributed by atoms with Crippen LogP contribution in [0.25, 0.3) is 0 Å². The zero-order valence-electron chi connectivity index (χ0n) is 10.9. The first-order chi connectivity index (χ1) is 7.49. The van der Waals surface area contributed by atoms with E-state index >= 15 is 0 Å². The second-order valence-corrected chi connectivity index (χ2v) is 6.20. The van der Waals surface area contributed by atoms with Gasteiger partial charge in [-0.25, -0.2) is 0 Å². The van der Waals surface area contributed by atoms with Crippen LogP contribution in [0.2, 0.25) is 0 Å². The molecule has 2 N–H and O–H groups in total. The highest BCUT2D eigenvalue weighted by Gasteiger charge is 2.36. The van der Waals surface area contributed by atoms with Crippen molar-refractivity contribution in [3.8, 4) is 0 Å². The SMILES string of the molecule is CC1(C)CN(C(=O)CC2CCC2)CCC1N.Cl. The summed E-state index contributed by atoms with van der Waals surface area (Å²) < 4.78 is 0. The van der Waals surface area contributed by atoms with Gasteiger partial charge in [0.1, 0.15) is 0 Å². The fourth-order valence-electron chi connectivity index (χ4n) is 2.66. The normalized spacial score (nSPS) is 28.2. The number of hydrogen-bond acceptors (Lipinski definition) is 2. The van der Waals surface area contributed by atoms with Crippen LogP contribution in [0.15, 0.2) is 0 Å². The van der Waals surface area contributed by atoms with Gasteiger partial charge in [0.25, 0.3) is 0 Å². The van der Waals surface area contributed by atoms with Gasteiger partial charge in [0.05, 0.1) is 0 Å². The number of carbonyl (C=O) groups excluding carboxylic acids is 1. The van der Waals surface area contributed by atoms with Gasteiger partial charge >= 0.3 is 0 Å². The van der Waals surface area contributed by atoms with E-state index < -0.39 is 0 Å². The van der Waals surface area contributed by atoms with Crippen molar-refractivity contribution in [3.05, 3.63) is 0 Å². The average Bonchev–Trinajstić information content (AvgIpc) is 2.15. The molecule has 17 heavy (non-hydrogen) atoms. The Bertz CT molecular complexity index is 277. The van der Waals surface area contributed by atoms with Crippen molar-refractivity contribution in [1.29, 1.82) is 0 Å². The second-order valence-electron chi connectivity index (χ2n) is 6.20. The molecule has 1 aliphatic heterocycles. The van der Waals surface area contributed by atoms with Gasteiger partial charge in [-0.1, -0.05) is 20.3 Å². The van der Waals surface area contributed by atoms with Crippen molar-refractivity contribution in [2.75, 3.05) is 13.1 Å². The summed E-state index contributed by atoms with van der Waals surface area (Å²) in [5.41, 5.74) is 6.15. The Balaban J connectivity index is 0.00000144. The van der Waals surface area contributed by atoms with Gasteiger partial charge in [0.2, 0.25) is 5.91 Å². The predicted molar refractivity (Wildman–Crippen MR) is 72.2 cm³/mol. The molecule has 1 amide bonds. The van der Waals surface area contributed by atoms with Crippen LogP contribution >= 0.6 is 12.4 Å². The van der Waals surface area contributed by atoms with Crippen LogP contribution in [0.4, 0.5) is 0 Å². The standard InChI is InChI=1S/C13H24N2O.ClH/c1-13(2)9-15(7-6-11(13)14)12(16)8-10-4-3-5-10;/h10-11H,3-9,14H2,1-2H3;1H. The van der Waals surface area contributed by atoms with Crippen molar-refractivity contribution < 1.29 is 4.79 Å². The van der Waals surface area contributed by atoms with Gasteiger partial charge in [-0.15, -0.1) is 12.4 Å². The molecular formula is C13H25ClN2O. The number of rotatable bonds is 2. The summed E-state index contributed by atoms with van der Waals surface area (Å²) in [6.07, 6.45) is 5.54. The number of carbonyl (C=O) groups is 1. The van der Waals surface area contributed by atoms with Crippen LogP contribution in [-0.2, 0) is 4.79 Å². The zero-order chi connectivity index (χ0) is 11.8. The lowest BCUT2D eigenvalue weighted by atomic mass is 9.78. The molecule has 2 rings (SSSR count). The summed E-state index contributed by atoms with van der Waals surface area (Å²) in [5.74, 6) is 1.02. The molecule has 0 bridgehead atoms. The molecule has 2 fully saturated rings. The number of nitrogens with two attached hydrogens (primary N) is 1. The molecule has 3 nitrogen and oxygen atoms in total. The van der Waals surface area contributed by atoms with Crippen LogP contribution in [-0.4, -0.2) is 29.9 Å². The van der Waals surface area contributed by atoms with E-state index in [9.17, 15) is 4.79 Å². The smallest absolute Gasteiger partial charge is 0.222 e. The van der Waals surface area contributed by atoms with Crippen molar-refractivity contribution in [2.24, 2.45) is 17.1 Å². The van der Waals surface area contributed by atoms with E-state index in [-0.39, 0.29) is 23.9 Å². The van der Waals surface area contributed by atoms with Gasteiger partial charge in [0.15, 0.2) is 0 Å². The molecule has 1 saturated carbocycles. The summed E-state index contributed by atoms with van der Waals surface area (Å²) in [6, 6.07) is 0.236. The highest BCUT2D eigenvalue weighted by molar-refractivity contribution is 5.85. The molecule has 1 heterocycles. The van der Waals surface area contributed by atoms with Crippen molar-refractivity contribution in [2.45, 2.75) is 52.0 Å². The molecule has 0 aromatic rings. The fraction of sp³-hybridized carbons (Fsp3) is 0.923. The van der Waals surface area contributed by atoms with Gasteiger partial charge < -0.3 is 10.6 Å². The molecule has 0 spiro atoms. The van der Waals surface area contributed by atoms with Crippen molar-refractivity contribution in [1.82, 2.24) is 4.90 Å². The number of piperidine rings is 1. The fourth-order valence-corrected chi connectivity index (χ4v) is 2.66. The lowest BCUT2D eigenvalue weighted by molar-refractivity contribution is -0.136. The molecule has 100 valence electrons. The summed E-state index contributed by atoms with van der Waals surface area (Å²) in [4.78, 5) is 14.1. The van der Waals surface area contributed by atoms with Crippen molar-refractivity contribution in [3.63, 3.8) is 0 Å². The van der Waals surface area contributed by atoms with E-state index in [0.29, 0.717) is 11.8 Å². The Hall–Kier alpha value is -0.280. The number of halogens is 1. The van der Waals surface area contributed by atoms with Gasteiger partial charge in [0, 0.05) is 25.6 Å². The maximum Gasteiger partial charge on any atom is 0.222 e. The third kappa shape index (κ3) is 3.35. The Kier molecular flexibility index (Phi) is 4.85. The van der Waals surface area contributed by atoms with Gasteiger partial charge in [-0.05, 0) is 30.6 Å². The molecule has 4 heteroatoms. The predicted octanol–water partition coefficient (Wildman–Crippen LogP) is 2.18. The van der Waals surface area contributed by atoms with Crippen LogP contribution in [0, 0.1) is 11.3 Å². The third-order valence-electron chi connectivity index (χ3n) is 4.35. The number of hydrogen-bond donors (Lipinski definition) is 1. The Morgan fingerprint density at radius 2 is 2.00 bits per heavy atom. The third-order valence-corrected chi connectivity index (χ3v) is 4.35. The number of likely N-dealkylation sites (tertiary alicyclic amines) is 1. The zero-order valence-corrected chi connectivity index (χ0v) is 11.8. The maximum atomic E-state index is 12.1. The van der Waals surface area contributed by atoms with E-state index in [4.69, 9.17) is 5.73 Å². The molecular weight excluding hydrogens is 236 g/mol. The molecule has 1 saturated heterocycles. The minimum atomic E-state index is 0. The monoisotopic (exact) mass is 260 g/mol. The molecule has 2 aliphatic rings. The highest BCUT2D eigenvalue weighted by atomic mass is 35.5. The quantitative estimate of drug-likeness (QED) is 0.827. The topological polar surface area (TPSA) is 46.3 Å². The lowest BCUT2D eigenvalue weighted by Gasteiger charge is -2.43. The van der Waals surface area contributed by atoms with Crippen LogP contribution < -0.4 is 5.73 Å². The molecule has 1 atom stereocenters. The summed E-state index contributed by atoms with van der Waals surface area (Å²) in [7, 11) is 0. The number of amides is 1. The van der Waals surface area contributed by atoms with E-state index in [0.717, 1.165) is 25.9 Å². The van der Waals surface area contributed by atoms with Crippen LogP contribution in [0.5, 0.6) is 0 Å². The second kappa shape index (κ2) is 5.57. The van der Waals surface area contributed by atoms with Gasteiger partial charge in [-0.2, -0.15) is 0 Å². The minimum absolute atomic E-state index is 0. The van der Waals surface area contributed by atoms with Crippen LogP contribution in [0.3, 0.4) is 0 Å². The maximum absolute atomic E-state index is 12.1. The minimum Gasteiger partial charge on any atom is -0.342 e. The molecule has 1 unspecified atom stereocenters. The molecule has 0 aromatic heterocycles. The molecule has 0 aromatic carbocycles. The first kappa shape index (κ1) is 14.8.